The molecule has 1 heterocycles. The summed E-state index contributed by atoms with van der Waals surface area (Å²) < 4.78 is 0. The smallest absolute Gasteiger partial charge is 0.273 e. The molecule has 1 aromatic rings. The molecule has 0 aliphatic carbocycles. The zero-order chi connectivity index (χ0) is 15.1. The van der Waals surface area contributed by atoms with Crippen LogP contribution in [0.25, 0.3) is 0 Å². The third-order valence-corrected chi connectivity index (χ3v) is 3.69. The SMILES string of the molecule is CCCc1[nH]nc(C(=O)NCCN(C)C(C)CC)c1N. The molecule has 0 saturated heterocycles. The van der Waals surface area contributed by atoms with E-state index in [9.17, 15) is 4.79 Å². The lowest BCUT2D eigenvalue weighted by Gasteiger charge is -2.23. The standard InChI is InChI=1S/C14H27N5O/c1-5-7-11-12(15)13(18-17-11)14(20)16-8-9-19(4)10(3)6-2/h10H,5-9,15H2,1-4H3,(H,16,20)(H,17,18). The van der Waals surface area contributed by atoms with Crippen LogP contribution >= 0.6 is 0 Å². The number of carbonyl (C=O) groups is 1. The Bertz CT molecular complexity index is 429. The van der Waals surface area contributed by atoms with Gasteiger partial charge in [0.25, 0.3) is 5.91 Å². The van der Waals surface area contributed by atoms with Crippen LogP contribution in [0, 0.1) is 0 Å². The third-order valence-electron chi connectivity index (χ3n) is 3.69. The van der Waals surface area contributed by atoms with Crippen molar-refractivity contribution in [1.29, 1.82) is 0 Å². The second-order valence-corrected chi connectivity index (χ2v) is 5.21. The molecule has 0 radical (unpaired) electrons. The number of nitrogens with two attached hydrogens (primary N) is 1. The van der Waals surface area contributed by atoms with Gasteiger partial charge in [-0.1, -0.05) is 20.3 Å². The van der Waals surface area contributed by atoms with Gasteiger partial charge in [0.1, 0.15) is 0 Å². The Morgan fingerprint density at radius 2 is 2.20 bits per heavy atom. The molecule has 4 N–H and O–H groups in total. The fourth-order valence-corrected chi connectivity index (χ4v) is 1.96. The summed E-state index contributed by atoms with van der Waals surface area (Å²) in [7, 11) is 2.06. The summed E-state index contributed by atoms with van der Waals surface area (Å²) in [5.74, 6) is -0.210. The highest BCUT2D eigenvalue weighted by Crippen LogP contribution is 2.15. The molecule has 0 bridgehead atoms. The molecule has 1 amide bonds. The van der Waals surface area contributed by atoms with Gasteiger partial charge in [0, 0.05) is 19.1 Å². The van der Waals surface area contributed by atoms with E-state index in [-0.39, 0.29) is 5.91 Å². The van der Waals surface area contributed by atoms with E-state index in [1.165, 1.54) is 0 Å². The van der Waals surface area contributed by atoms with Crippen molar-refractivity contribution in [3.63, 3.8) is 0 Å². The number of aromatic nitrogens is 2. The van der Waals surface area contributed by atoms with Gasteiger partial charge in [-0.15, -0.1) is 0 Å². The monoisotopic (exact) mass is 281 g/mol. The van der Waals surface area contributed by atoms with Gasteiger partial charge in [-0.05, 0) is 26.8 Å². The average Bonchev–Trinajstić information content (AvgIpc) is 2.79. The van der Waals surface area contributed by atoms with Crippen molar-refractivity contribution < 1.29 is 4.79 Å². The summed E-state index contributed by atoms with van der Waals surface area (Å²) in [6.07, 6.45) is 2.87. The highest BCUT2D eigenvalue weighted by molar-refractivity contribution is 5.97. The van der Waals surface area contributed by atoms with Crippen LogP contribution in [0.2, 0.25) is 0 Å². The lowest BCUT2D eigenvalue weighted by Crippen LogP contribution is -2.37. The number of carbonyl (C=O) groups excluding carboxylic acids is 1. The minimum Gasteiger partial charge on any atom is -0.395 e. The second kappa shape index (κ2) is 7.89. The first-order valence-electron chi connectivity index (χ1n) is 7.32. The Morgan fingerprint density at radius 1 is 1.50 bits per heavy atom. The van der Waals surface area contributed by atoms with Gasteiger partial charge in [0.15, 0.2) is 5.69 Å². The van der Waals surface area contributed by atoms with Gasteiger partial charge in [-0.25, -0.2) is 0 Å². The van der Waals surface area contributed by atoms with Crippen LogP contribution in [-0.2, 0) is 6.42 Å². The number of rotatable bonds is 8. The van der Waals surface area contributed by atoms with Crippen LogP contribution in [0.15, 0.2) is 0 Å². The second-order valence-electron chi connectivity index (χ2n) is 5.21. The molecule has 0 saturated carbocycles. The van der Waals surface area contributed by atoms with E-state index in [0.717, 1.165) is 31.5 Å². The van der Waals surface area contributed by atoms with Crippen LogP contribution in [0.1, 0.15) is 49.8 Å². The van der Waals surface area contributed by atoms with Crippen LogP contribution in [0.5, 0.6) is 0 Å². The zero-order valence-electron chi connectivity index (χ0n) is 13.0. The molecule has 0 aromatic carbocycles. The number of hydrogen-bond donors (Lipinski definition) is 3. The Hall–Kier alpha value is -1.56. The van der Waals surface area contributed by atoms with Gasteiger partial charge in [-0.3, -0.25) is 9.89 Å². The van der Waals surface area contributed by atoms with Crippen LogP contribution in [0.3, 0.4) is 0 Å². The highest BCUT2D eigenvalue weighted by Gasteiger charge is 2.16. The first kappa shape index (κ1) is 16.5. The van der Waals surface area contributed by atoms with Crippen LogP contribution < -0.4 is 11.1 Å². The summed E-state index contributed by atoms with van der Waals surface area (Å²) in [5.41, 5.74) is 7.55. The van der Waals surface area contributed by atoms with Gasteiger partial charge in [0.05, 0.1) is 11.4 Å². The first-order valence-corrected chi connectivity index (χ1v) is 7.32. The Labute approximate surface area is 121 Å². The summed E-state index contributed by atoms with van der Waals surface area (Å²) >= 11 is 0. The summed E-state index contributed by atoms with van der Waals surface area (Å²) in [6, 6.07) is 0.513. The number of anilines is 1. The van der Waals surface area contributed by atoms with Crippen molar-refractivity contribution in [2.24, 2.45) is 0 Å². The zero-order valence-corrected chi connectivity index (χ0v) is 13.0. The maximum absolute atomic E-state index is 12.0. The van der Waals surface area contributed by atoms with Gasteiger partial charge >= 0.3 is 0 Å². The van der Waals surface area contributed by atoms with Gasteiger partial charge < -0.3 is 16.0 Å². The minimum atomic E-state index is -0.210. The topological polar surface area (TPSA) is 87.0 Å². The van der Waals surface area contributed by atoms with E-state index in [2.05, 4.69) is 48.2 Å². The molecule has 114 valence electrons. The van der Waals surface area contributed by atoms with Crippen LogP contribution in [-0.4, -0.2) is 47.2 Å². The molecular weight excluding hydrogens is 254 g/mol. The molecule has 0 fully saturated rings. The quantitative estimate of drug-likeness (QED) is 0.672. The molecule has 1 aromatic heterocycles. The van der Waals surface area contributed by atoms with Crippen LogP contribution in [0.4, 0.5) is 5.69 Å². The number of likely N-dealkylation sites (N-methyl/N-ethyl adjacent to an activating group) is 1. The Kier molecular flexibility index (Phi) is 6.51. The number of aromatic amines is 1. The average molecular weight is 281 g/mol. The van der Waals surface area contributed by atoms with E-state index in [0.29, 0.717) is 24.0 Å². The van der Waals surface area contributed by atoms with Gasteiger partial charge in [-0.2, -0.15) is 5.10 Å². The first-order chi connectivity index (χ1) is 9.51. The number of nitrogen functional groups attached to an aromatic ring is 1. The fraction of sp³-hybridized carbons (Fsp3) is 0.714. The lowest BCUT2D eigenvalue weighted by atomic mass is 10.2. The maximum atomic E-state index is 12.0. The van der Waals surface area contributed by atoms with Crippen molar-refractivity contribution in [2.75, 3.05) is 25.9 Å². The number of aryl methyl sites for hydroxylation is 1. The third kappa shape index (κ3) is 4.23. The largest absolute Gasteiger partial charge is 0.395 e. The van der Waals surface area contributed by atoms with E-state index in [4.69, 9.17) is 5.73 Å². The number of H-pyrrole nitrogens is 1. The molecule has 1 atom stereocenters. The fourth-order valence-electron chi connectivity index (χ4n) is 1.96. The number of nitrogens with zero attached hydrogens (tertiary/aromatic N) is 2. The molecule has 1 unspecified atom stereocenters. The lowest BCUT2D eigenvalue weighted by molar-refractivity contribution is 0.0943. The molecule has 6 heteroatoms. The van der Waals surface area contributed by atoms with E-state index >= 15 is 0 Å². The molecule has 0 spiro atoms. The Morgan fingerprint density at radius 3 is 2.80 bits per heavy atom. The molecule has 20 heavy (non-hydrogen) atoms. The Balaban J connectivity index is 2.47. The van der Waals surface area contributed by atoms with Gasteiger partial charge in [0.2, 0.25) is 0 Å². The van der Waals surface area contributed by atoms with E-state index in [1.807, 2.05) is 0 Å². The summed E-state index contributed by atoms with van der Waals surface area (Å²) in [5, 5.41) is 9.71. The van der Waals surface area contributed by atoms with Crippen molar-refractivity contribution in [1.82, 2.24) is 20.4 Å². The predicted octanol–water partition coefficient (Wildman–Crippen LogP) is 1.40. The minimum absolute atomic E-state index is 0.210. The van der Waals surface area contributed by atoms with Crippen molar-refractivity contribution in [2.45, 2.75) is 46.1 Å². The predicted molar refractivity (Wildman–Crippen MR) is 81.7 cm³/mol. The van der Waals surface area contributed by atoms with Crippen molar-refractivity contribution in [3.8, 4) is 0 Å². The molecular formula is C14H27N5O. The summed E-state index contributed by atoms with van der Waals surface area (Å²) in [4.78, 5) is 14.2. The van der Waals surface area contributed by atoms with Crippen molar-refractivity contribution >= 4 is 11.6 Å². The maximum Gasteiger partial charge on any atom is 0.273 e. The number of amides is 1. The number of nitrogens with one attached hydrogen (secondary N) is 2. The van der Waals surface area contributed by atoms with E-state index in [1.54, 1.807) is 0 Å². The highest BCUT2D eigenvalue weighted by atomic mass is 16.1. The molecule has 1 rings (SSSR count). The molecule has 6 nitrogen and oxygen atoms in total. The molecule has 0 aliphatic rings. The molecule has 0 aliphatic heterocycles. The van der Waals surface area contributed by atoms with Crippen molar-refractivity contribution in [3.05, 3.63) is 11.4 Å². The normalized spacial score (nSPS) is 12.7. The number of hydrogen-bond acceptors (Lipinski definition) is 4. The van der Waals surface area contributed by atoms with E-state index < -0.39 is 0 Å². The summed E-state index contributed by atoms with van der Waals surface area (Å²) in [6.45, 7) is 7.79.